The number of benzene rings is 1. The van der Waals surface area contributed by atoms with E-state index in [1.807, 2.05) is 30.5 Å². The minimum absolute atomic E-state index is 0.255. The highest BCUT2D eigenvalue weighted by Gasteiger charge is 2.09. The molecule has 0 fully saturated rings. The molecule has 90 valence electrons. The predicted octanol–water partition coefficient (Wildman–Crippen LogP) is 3.96. The summed E-state index contributed by atoms with van der Waals surface area (Å²) >= 11 is 7.83. The third kappa shape index (κ3) is 3.28. The molecule has 2 nitrogen and oxygen atoms in total. The van der Waals surface area contributed by atoms with Gasteiger partial charge in [-0.2, -0.15) is 0 Å². The number of thiazole rings is 1. The first kappa shape index (κ1) is 12.6. The second-order valence-electron chi connectivity index (χ2n) is 4.00. The van der Waals surface area contributed by atoms with Crippen molar-refractivity contribution in [3.05, 3.63) is 50.9 Å². The molecule has 0 spiro atoms. The number of aromatic nitrogens is 1. The number of nitrogens with zero attached hydrogens (tertiary/aromatic N) is 1. The number of hydrogen-bond acceptors (Lipinski definition) is 3. The number of nitrogens with one attached hydrogen (secondary N) is 1. The van der Waals surface area contributed by atoms with Crippen LogP contribution in [0.2, 0.25) is 5.02 Å². The summed E-state index contributed by atoms with van der Waals surface area (Å²) in [5, 5.41) is 5.36. The van der Waals surface area contributed by atoms with Crippen molar-refractivity contribution < 1.29 is 0 Å². The molecule has 1 aromatic heterocycles. The quantitative estimate of drug-likeness (QED) is 0.906. The van der Waals surface area contributed by atoms with Crippen LogP contribution in [0.25, 0.3) is 0 Å². The van der Waals surface area contributed by atoms with Gasteiger partial charge < -0.3 is 5.32 Å². The molecule has 0 saturated carbocycles. The van der Waals surface area contributed by atoms with Gasteiger partial charge in [0.15, 0.2) is 0 Å². The molecule has 2 aromatic rings. The zero-order valence-corrected chi connectivity index (χ0v) is 11.5. The van der Waals surface area contributed by atoms with E-state index in [1.54, 1.807) is 11.3 Å². The number of aryl methyl sites for hydroxylation is 1. The van der Waals surface area contributed by atoms with Crippen LogP contribution in [0.5, 0.6) is 0 Å². The van der Waals surface area contributed by atoms with Crippen LogP contribution in [0.3, 0.4) is 0 Å². The monoisotopic (exact) mass is 266 g/mol. The number of rotatable bonds is 4. The largest absolute Gasteiger partial charge is 0.304 e. The van der Waals surface area contributed by atoms with Crippen molar-refractivity contribution in [2.75, 3.05) is 0 Å². The Hall–Kier alpha value is -0.900. The minimum Gasteiger partial charge on any atom is -0.304 e. The smallest absolute Gasteiger partial charge is 0.109 e. The summed E-state index contributed by atoms with van der Waals surface area (Å²) in [4.78, 5) is 5.62. The molecule has 0 aliphatic rings. The van der Waals surface area contributed by atoms with Crippen LogP contribution in [-0.2, 0) is 6.54 Å². The Bertz CT molecular complexity index is 496. The van der Waals surface area contributed by atoms with Crippen molar-refractivity contribution >= 4 is 22.9 Å². The molecule has 0 saturated heterocycles. The van der Waals surface area contributed by atoms with Gasteiger partial charge in [0.05, 0.1) is 6.04 Å². The molecule has 0 radical (unpaired) electrons. The Kier molecular flexibility index (Phi) is 4.15. The molecule has 2 rings (SSSR count). The molecule has 0 aliphatic carbocycles. The van der Waals surface area contributed by atoms with Gasteiger partial charge in [-0.25, -0.2) is 4.98 Å². The standard InChI is InChI=1S/C13H15ClN2S/c1-9-7-16-13(17-9)10(2)15-8-11-5-3-4-6-12(11)14/h3-7,10,15H,8H2,1-2H3. The Morgan fingerprint density at radius 1 is 1.41 bits per heavy atom. The second-order valence-corrected chi connectivity index (χ2v) is 5.68. The zero-order chi connectivity index (χ0) is 12.3. The summed E-state index contributed by atoms with van der Waals surface area (Å²) in [6.07, 6.45) is 1.91. The predicted molar refractivity (Wildman–Crippen MR) is 73.6 cm³/mol. The van der Waals surface area contributed by atoms with Gasteiger partial charge in [-0.15, -0.1) is 11.3 Å². The normalized spacial score (nSPS) is 12.6. The van der Waals surface area contributed by atoms with Gasteiger partial charge in [-0.1, -0.05) is 29.8 Å². The van der Waals surface area contributed by atoms with Crippen molar-refractivity contribution in [3.63, 3.8) is 0 Å². The molecule has 0 aliphatic heterocycles. The highest BCUT2D eigenvalue weighted by atomic mass is 35.5. The van der Waals surface area contributed by atoms with E-state index in [-0.39, 0.29) is 6.04 Å². The fourth-order valence-corrected chi connectivity index (χ4v) is 2.57. The van der Waals surface area contributed by atoms with Gasteiger partial charge in [0.25, 0.3) is 0 Å². The molecule has 1 aromatic carbocycles. The highest BCUT2D eigenvalue weighted by Crippen LogP contribution is 2.20. The van der Waals surface area contributed by atoms with Crippen LogP contribution in [-0.4, -0.2) is 4.98 Å². The zero-order valence-electron chi connectivity index (χ0n) is 9.90. The van der Waals surface area contributed by atoms with E-state index in [1.165, 1.54) is 4.88 Å². The van der Waals surface area contributed by atoms with E-state index in [4.69, 9.17) is 11.6 Å². The lowest BCUT2D eigenvalue weighted by atomic mass is 10.2. The summed E-state index contributed by atoms with van der Waals surface area (Å²) in [6, 6.07) is 8.15. The van der Waals surface area contributed by atoms with E-state index >= 15 is 0 Å². The molecule has 1 heterocycles. The summed E-state index contributed by atoms with van der Waals surface area (Å²) in [5.41, 5.74) is 1.12. The molecule has 1 N–H and O–H groups in total. The molecule has 1 atom stereocenters. The minimum atomic E-state index is 0.255. The Morgan fingerprint density at radius 3 is 2.82 bits per heavy atom. The van der Waals surface area contributed by atoms with Crippen LogP contribution in [0.1, 0.15) is 28.4 Å². The Labute approximate surface area is 111 Å². The Balaban J connectivity index is 1.97. The average Bonchev–Trinajstić information content (AvgIpc) is 2.74. The summed E-state index contributed by atoms with van der Waals surface area (Å²) in [7, 11) is 0. The van der Waals surface area contributed by atoms with Crippen molar-refractivity contribution in [2.45, 2.75) is 26.4 Å². The van der Waals surface area contributed by atoms with Gasteiger partial charge >= 0.3 is 0 Å². The molecule has 0 bridgehead atoms. The van der Waals surface area contributed by atoms with Crippen LogP contribution >= 0.6 is 22.9 Å². The van der Waals surface area contributed by atoms with Gasteiger partial charge in [0.1, 0.15) is 5.01 Å². The SMILES string of the molecule is Cc1cnc(C(C)NCc2ccccc2Cl)s1. The van der Waals surface area contributed by atoms with Crippen molar-refractivity contribution in [2.24, 2.45) is 0 Å². The van der Waals surface area contributed by atoms with E-state index < -0.39 is 0 Å². The second kappa shape index (κ2) is 5.63. The fourth-order valence-electron chi connectivity index (χ4n) is 1.56. The van der Waals surface area contributed by atoms with Crippen molar-refractivity contribution in [3.8, 4) is 0 Å². The maximum Gasteiger partial charge on any atom is 0.109 e. The van der Waals surface area contributed by atoms with Gasteiger partial charge in [-0.05, 0) is 25.5 Å². The first-order valence-corrected chi connectivity index (χ1v) is 6.75. The third-order valence-corrected chi connectivity index (χ3v) is 4.03. The highest BCUT2D eigenvalue weighted by molar-refractivity contribution is 7.11. The molecule has 4 heteroatoms. The van der Waals surface area contributed by atoms with Crippen LogP contribution in [0.4, 0.5) is 0 Å². The maximum atomic E-state index is 6.10. The van der Waals surface area contributed by atoms with Crippen molar-refractivity contribution in [1.29, 1.82) is 0 Å². The lowest BCUT2D eigenvalue weighted by Crippen LogP contribution is -2.18. The average molecular weight is 267 g/mol. The molecule has 1 unspecified atom stereocenters. The lowest BCUT2D eigenvalue weighted by molar-refractivity contribution is 0.572. The van der Waals surface area contributed by atoms with E-state index in [0.29, 0.717) is 0 Å². The lowest BCUT2D eigenvalue weighted by Gasteiger charge is -2.11. The van der Waals surface area contributed by atoms with Crippen molar-refractivity contribution in [1.82, 2.24) is 10.3 Å². The first-order valence-electron chi connectivity index (χ1n) is 5.56. The van der Waals surface area contributed by atoms with Crippen LogP contribution in [0.15, 0.2) is 30.5 Å². The first-order chi connectivity index (χ1) is 8.16. The van der Waals surface area contributed by atoms with Crippen LogP contribution < -0.4 is 5.32 Å². The van der Waals surface area contributed by atoms with Gasteiger partial charge in [0, 0.05) is 22.6 Å². The summed E-state index contributed by atoms with van der Waals surface area (Å²) in [6.45, 7) is 4.95. The fraction of sp³-hybridized carbons (Fsp3) is 0.308. The third-order valence-electron chi connectivity index (χ3n) is 2.57. The molecular weight excluding hydrogens is 252 g/mol. The maximum absolute atomic E-state index is 6.10. The summed E-state index contributed by atoms with van der Waals surface area (Å²) < 4.78 is 0. The number of halogens is 1. The van der Waals surface area contributed by atoms with Crippen LogP contribution in [0, 0.1) is 6.92 Å². The molecular formula is C13H15ClN2S. The van der Waals surface area contributed by atoms with E-state index in [2.05, 4.69) is 24.1 Å². The van der Waals surface area contributed by atoms with Gasteiger partial charge in [0.2, 0.25) is 0 Å². The van der Waals surface area contributed by atoms with E-state index in [9.17, 15) is 0 Å². The number of hydrogen-bond donors (Lipinski definition) is 1. The topological polar surface area (TPSA) is 24.9 Å². The molecule has 0 amide bonds. The Morgan fingerprint density at radius 2 is 2.18 bits per heavy atom. The van der Waals surface area contributed by atoms with Gasteiger partial charge in [-0.3, -0.25) is 0 Å². The van der Waals surface area contributed by atoms with E-state index in [0.717, 1.165) is 22.1 Å². The summed E-state index contributed by atoms with van der Waals surface area (Å²) in [5.74, 6) is 0. The molecule has 17 heavy (non-hydrogen) atoms.